The number of nitrogens with zero attached hydrogens (tertiary/aromatic N) is 1. The van der Waals surface area contributed by atoms with E-state index in [1.54, 1.807) is 0 Å². The number of rotatable bonds is 5. The van der Waals surface area contributed by atoms with Gasteiger partial charge in [0, 0.05) is 27.9 Å². The Kier molecular flexibility index (Phi) is 7.51. The van der Waals surface area contributed by atoms with Crippen LogP contribution in [0.2, 0.25) is 0 Å². The van der Waals surface area contributed by atoms with E-state index in [2.05, 4.69) is 207 Å². The summed E-state index contributed by atoms with van der Waals surface area (Å²) in [4.78, 5) is 2.49. The van der Waals surface area contributed by atoms with E-state index in [4.69, 9.17) is 0 Å². The molecule has 0 radical (unpaired) electrons. The summed E-state index contributed by atoms with van der Waals surface area (Å²) in [5, 5.41) is 5.13. The maximum absolute atomic E-state index is 2.54. The zero-order valence-corrected chi connectivity index (χ0v) is 33.7. The molecule has 1 heteroatoms. The van der Waals surface area contributed by atoms with Crippen molar-refractivity contribution in [2.45, 2.75) is 50.4 Å². The molecule has 282 valence electrons. The topological polar surface area (TPSA) is 3.24 Å². The molecule has 9 aromatic carbocycles. The van der Waals surface area contributed by atoms with Crippen LogP contribution in [0.4, 0.5) is 17.1 Å². The summed E-state index contributed by atoms with van der Waals surface area (Å²) in [6.45, 7) is 4.76. The minimum atomic E-state index is -0.0836. The third kappa shape index (κ3) is 5.04. The van der Waals surface area contributed by atoms with Crippen LogP contribution in [0.3, 0.4) is 0 Å². The first kappa shape index (κ1) is 34.4. The molecule has 0 amide bonds. The SMILES string of the molecule is CC1(C)c2ccccc2-c2cccc(-c3ccc(N(c4cccc(-c5cccc6c5ccc5ccccc56)c4)c4ccc5c(c4)C4(CCCC4)c4ccccc4-5)cc3)c21. The first-order valence-corrected chi connectivity index (χ1v) is 21.4. The van der Waals surface area contributed by atoms with Gasteiger partial charge >= 0.3 is 0 Å². The van der Waals surface area contributed by atoms with Crippen molar-refractivity contribution in [1.29, 1.82) is 0 Å². The smallest absolute Gasteiger partial charge is 0.0467 e. The summed E-state index contributed by atoms with van der Waals surface area (Å²) in [7, 11) is 0. The standard InChI is InChI=1S/C58H45N/c1-57(2)53-24-7-5-19-50(53)52-23-13-21-46(56(52)57)39-26-29-41(30-27-39)59(43-31-33-51-49-18-6-8-25-54(49)58(55(51)37-43)34-9-10-35-58)42-16-11-15-40(36-42)45-20-12-22-47-44-17-4-3-14-38(44)28-32-48(45)47/h3-8,11-33,36-37H,9-10,34-35H2,1-2H3. The largest absolute Gasteiger partial charge is 0.310 e. The molecule has 1 spiro atoms. The monoisotopic (exact) mass is 755 g/mol. The highest BCUT2D eigenvalue weighted by atomic mass is 15.1. The van der Waals surface area contributed by atoms with E-state index in [1.807, 2.05) is 0 Å². The van der Waals surface area contributed by atoms with Gasteiger partial charge in [-0.15, -0.1) is 0 Å². The minimum absolute atomic E-state index is 0.0836. The lowest BCUT2D eigenvalue weighted by Gasteiger charge is -2.30. The van der Waals surface area contributed by atoms with Crippen molar-refractivity contribution in [3.63, 3.8) is 0 Å². The Morgan fingerprint density at radius 2 is 0.983 bits per heavy atom. The molecule has 0 aromatic heterocycles. The van der Waals surface area contributed by atoms with Crippen molar-refractivity contribution in [2.75, 3.05) is 4.90 Å². The summed E-state index contributed by atoms with van der Waals surface area (Å²) in [6, 6.07) is 70.9. The van der Waals surface area contributed by atoms with Crippen molar-refractivity contribution in [3.8, 4) is 44.5 Å². The van der Waals surface area contributed by atoms with Gasteiger partial charge in [-0.25, -0.2) is 0 Å². The Labute approximate surface area is 347 Å². The van der Waals surface area contributed by atoms with Crippen LogP contribution in [-0.2, 0) is 10.8 Å². The highest BCUT2D eigenvalue weighted by Gasteiger charge is 2.45. The van der Waals surface area contributed by atoms with Gasteiger partial charge in [-0.2, -0.15) is 0 Å². The Hall–Kier alpha value is -6.70. The van der Waals surface area contributed by atoms with E-state index in [-0.39, 0.29) is 10.8 Å². The van der Waals surface area contributed by atoms with Crippen LogP contribution in [0, 0.1) is 0 Å². The van der Waals surface area contributed by atoms with Crippen LogP contribution in [0.25, 0.3) is 66.1 Å². The number of hydrogen-bond acceptors (Lipinski definition) is 1. The molecule has 12 rings (SSSR count). The fraction of sp³-hybridized carbons (Fsp3) is 0.138. The molecular formula is C58H45N. The normalized spacial score (nSPS) is 15.3. The average Bonchev–Trinajstić information content (AvgIpc) is 3.96. The van der Waals surface area contributed by atoms with E-state index in [1.165, 1.54) is 120 Å². The van der Waals surface area contributed by atoms with Gasteiger partial charge in [-0.3, -0.25) is 0 Å². The molecule has 0 bridgehead atoms. The molecule has 9 aromatic rings. The van der Waals surface area contributed by atoms with Gasteiger partial charge in [0.1, 0.15) is 0 Å². The van der Waals surface area contributed by atoms with Crippen LogP contribution in [0.5, 0.6) is 0 Å². The maximum Gasteiger partial charge on any atom is 0.0467 e. The molecule has 0 unspecified atom stereocenters. The molecule has 1 fully saturated rings. The Morgan fingerprint density at radius 3 is 1.83 bits per heavy atom. The van der Waals surface area contributed by atoms with Gasteiger partial charge in [-0.05, 0) is 138 Å². The Morgan fingerprint density at radius 1 is 0.373 bits per heavy atom. The first-order chi connectivity index (χ1) is 29.0. The van der Waals surface area contributed by atoms with Crippen molar-refractivity contribution in [3.05, 3.63) is 210 Å². The highest BCUT2D eigenvalue weighted by Crippen LogP contribution is 2.58. The van der Waals surface area contributed by atoms with E-state index >= 15 is 0 Å². The molecular weight excluding hydrogens is 711 g/mol. The zero-order valence-electron chi connectivity index (χ0n) is 33.7. The second-order valence-corrected chi connectivity index (χ2v) is 17.6. The van der Waals surface area contributed by atoms with Crippen molar-refractivity contribution < 1.29 is 0 Å². The van der Waals surface area contributed by atoms with Crippen LogP contribution < -0.4 is 4.90 Å². The number of anilines is 3. The van der Waals surface area contributed by atoms with Gasteiger partial charge in [-0.1, -0.05) is 178 Å². The summed E-state index contributed by atoms with van der Waals surface area (Å²) in [5.41, 5.74) is 19.9. The predicted molar refractivity (Wildman–Crippen MR) is 249 cm³/mol. The summed E-state index contributed by atoms with van der Waals surface area (Å²) in [6.07, 6.45) is 4.97. The molecule has 0 heterocycles. The molecule has 1 nitrogen and oxygen atoms in total. The second-order valence-electron chi connectivity index (χ2n) is 17.6. The van der Waals surface area contributed by atoms with Crippen LogP contribution in [-0.4, -0.2) is 0 Å². The van der Waals surface area contributed by atoms with E-state index in [9.17, 15) is 0 Å². The summed E-state index contributed by atoms with van der Waals surface area (Å²) >= 11 is 0. The lowest BCUT2D eigenvalue weighted by Crippen LogP contribution is -2.21. The van der Waals surface area contributed by atoms with Crippen molar-refractivity contribution in [2.24, 2.45) is 0 Å². The third-order valence-corrected chi connectivity index (χ3v) is 14.2. The van der Waals surface area contributed by atoms with Gasteiger partial charge in [0.25, 0.3) is 0 Å². The van der Waals surface area contributed by atoms with E-state index < -0.39 is 0 Å². The minimum Gasteiger partial charge on any atom is -0.310 e. The number of fused-ring (bicyclic) bond motifs is 11. The number of hydrogen-bond donors (Lipinski definition) is 0. The molecule has 3 aliphatic rings. The van der Waals surface area contributed by atoms with Crippen LogP contribution >= 0.6 is 0 Å². The van der Waals surface area contributed by atoms with E-state index in [0.29, 0.717) is 0 Å². The van der Waals surface area contributed by atoms with Crippen molar-refractivity contribution >= 4 is 38.6 Å². The van der Waals surface area contributed by atoms with Gasteiger partial charge in [0.15, 0.2) is 0 Å². The maximum atomic E-state index is 2.54. The molecule has 59 heavy (non-hydrogen) atoms. The number of benzene rings is 9. The molecule has 0 atom stereocenters. The fourth-order valence-electron chi connectivity index (χ4n) is 11.5. The molecule has 0 N–H and O–H groups in total. The summed E-state index contributed by atoms with van der Waals surface area (Å²) < 4.78 is 0. The zero-order chi connectivity index (χ0) is 39.3. The fourth-order valence-corrected chi connectivity index (χ4v) is 11.5. The van der Waals surface area contributed by atoms with Crippen LogP contribution in [0.1, 0.15) is 61.8 Å². The molecule has 1 saturated carbocycles. The molecule has 0 aliphatic heterocycles. The second kappa shape index (κ2) is 12.9. The van der Waals surface area contributed by atoms with Gasteiger partial charge in [0.05, 0.1) is 0 Å². The predicted octanol–water partition coefficient (Wildman–Crippen LogP) is 15.9. The molecule has 3 aliphatic carbocycles. The average molecular weight is 756 g/mol. The van der Waals surface area contributed by atoms with Crippen LogP contribution in [0.15, 0.2) is 188 Å². The van der Waals surface area contributed by atoms with Crippen molar-refractivity contribution in [1.82, 2.24) is 0 Å². The lowest BCUT2D eigenvalue weighted by atomic mass is 9.76. The Bertz CT molecular complexity index is 3140. The first-order valence-electron chi connectivity index (χ1n) is 21.4. The van der Waals surface area contributed by atoms with Gasteiger partial charge in [0.2, 0.25) is 0 Å². The molecule has 0 saturated heterocycles. The van der Waals surface area contributed by atoms with E-state index in [0.717, 1.165) is 11.4 Å². The summed E-state index contributed by atoms with van der Waals surface area (Å²) in [5.74, 6) is 0. The lowest BCUT2D eigenvalue weighted by molar-refractivity contribution is 0.550. The Balaban J connectivity index is 1.02. The van der Waals surface area contributed by atoms with Gasteiger partial charge < -0.3 is 4.90 Å². The third-order valence-electron chi connectivity index (χ3n) is 14.2. The highest BCUT2D eigenvalue weighted by molar-refractivity contribution is 6.12. The quantitative estimate of drug-likeness (QED) is 0.158.